The predicted octanol–water partition coefficient (Wildman–Crippen LogP) is 6.02. The third-order valence-electron chi connectivity index (χ3n) is 2.50. The second kappa shape index (κ2) is 9.03. The zero-order valence-corrected chi connectivity index (χ0v) is 13.9. The van der Waals surface area contributed by atoms with Crippen LogP contribution in [0, 0.1) is 23.7 Å². The van der Waals surface area contributed by atoms with E-state index >= 15 is 0 Å². The molecule has 2 aromatic carbocycles. The molecule has 0 nitrogen and oxygen atoms in total. The van der Waals surface area contributed by atoms with E-state index in [1.165, 1.54) is 11.1 Å². The van der Waals surface area contributed by atoms with Gasteiger partial charge in [-0.15, -0.1) is 0 Å². The van der Waals surface area contributed by atoms with Gasteiger partial charge in [0.25, 0.3) is 0 Å². The quantitative estimate of drug-likeness (QED) is 0.559. The van der Waals surface area contributed by atoms with Gasteiger partial charge in [0.15, 0.2) is 0 Å². The lowest BCUT2D eigenvalue weighted by molar-refractivity contribution is 0.737. The Balaban J connectivity index is 0.000000491. The fourth-order valence-corrected chi connectivity index (χ4v) is 1.60. The van der Waals surface area contributed by atoms with Gasteiger partial charge in [-0.1, -0.05) is 88.9 Å². The number of hydrogen-bond donors (Lipinski definition) is 0. The highest BCUT2D eigenvalue weighted by atomic mass is 14.0. The first-order valence-corrected chi connectivity index (χ1v) is 7.66. The van der Waals surface area contributed by atoms with Crippen LogP contribution in [0.5, 0.6) is 0 Å². The molecule has 0 N–H and O–H groups in total. The van der Waals surface area contributed by atoms with Crippen molar-refractivity contribution in [3.05, 3.63) is 60.2 Å². The lowest BCUT2D eigenvalue weighted by atomic mass is 10.0. The summed E-state index contributed by atoms with van der Waals surface area (Å²) in [6.45, 7) is 10.7. The fraction of sp³-hybridized carbons (Fsp3) is 0.333. The summed E-state index contributed by atoms with van der Waals surface area (Å²) >= 11 is 0. The van der Waals surface area contributed by atoms with E-state index < -0.39 is 0 Å². The molecule has 0 atom stereocenters. The molecular weight excluding hydrogens is 252 g/mol. The van der Waals surface area contributed by atoms with Crippen molar-refractivity contribution in [2.45, 2.75) is 34.6 Å². The zero-order chi connectivity index (χ0) is 15.7. The normalized spacial score (nSPS) is 9.67. The molecule has 0 unspecified atom stereocenters. The van der Waals surface area contributed by atoms with Crippen LogP contribution in [-0.4, -0.2) is 0 Å². The van der Waals surface area contributed by atoms with Crippen molar-refractivity contribution in [3.63, 3.8) is 0 Å². The molecule has 0 saturated heterocycles. The maximum absolute atomic E-state index is 3.17. The Hall–Kier alpha value is -2.00. The van der Waals surface area contributed by atoms with Gasteiger partial charge in [0.05, 0.1) is 0 Å². The van der Waals surface area contributed by atoms with Crippen LogP contribution in [0.3, 0.4) is 0 Å². The van der Waals surface area contributed by atoms with Crippen molar-refractivity contribution in [3.8, 4) is 23.0 Å². The molecule has 0 aromatic heterocycles. The summed E-state index contributed by atoms with van der Waals surface area (Å²) in [4.78, 5) is 0. The molecule has 0 amide bonds. The Morgan fingerprint density at radius 3 is 1.62 bits per heavy atom. The fourth-order valence-electron chi connectivity index (χ4n) is 1.60. The molecule has 0 bridgehead atoms. The summed E-state index contributed by atoms with van der Waals surface area (Å²) in [7, 11) is 0. The number of benzene rings is 2. The van der Waals surface area contributed by atoms with Gasteiger partial charge in [0.1, 0.15) is 0 Å². The number of rotatable bonds is 1. The highest BCUT2D eigenvalue weighted by Gasteiger charge is 1.95. The molecule has 0 heterocycles. The average molecular weight is 278 g/mol. The molecule has 0 radical (unpaired) electrons. The van der Waals surface area contributed by atoms with Crippen molar-refractivity contribution < 1.29 is 0 Å². The smallest absolute Gasteiger partial charge is 0.0245 e. The highest BCUT2D eigenvalue weighted by molar-refractivity contribution is 5.64. The van der Waals surface area contributed by atoms with Gasteiger partial charge in [-0.05, 0) is 29.2 Å². The van der Waals surface area contributed by atoms with Crippen LogP contribution in [0.25, 0.3) is 11.1 Å². The van der Waals surface area contributed by atoms with E-state index in [-0.39, 0.29) is 0 Å². The van der Waals surface area contributed by atoms with Gasteiger partial charge < -0.3 is 0 Å². The molecule has 0 aliphatic carbocycles. The molecule has 0 aliphatic heterocycles. The third kappa shape index (κ3) is 7.37. The molecule has 2 aromatic rings. The van der Waals surface area contributed by atoms with Crippen molar-refractivity contribution >= 4 is 0 Å². The third-order valence-corrected chi connectivity index (χ3v) is 2.50. The van der Waals surface area contributed by atoms with Crippen LogP contribution in [0.4, 0.5) is 0 Å². The van der Waals surface area contributed by atoms with E-state index in [0.29, 0.717) is 5.92 Å². The first-order valence-electron chi connectivity index (χ1n) is 7.66. The van der Waals surface area contributed by atoms with Crippen LogP contribution in [0.2, 0.25) is 0 Å². The second-order valence-electron chi connectivity index (χ2n) is 6.10. The van der Waals surface area contributed by atoms with Gasteiger partial charge in [-0.25, -0.2) is 0 Å². The van der Waals surface area contributed by atoms with Crippen LogP contribution in [0.1, 0.15) is 40.2 Å². The van der Waals surface area contributed by atoms with Crippen LogP contribution in [-0.2, 0) is 0 Å². The van der Waals surface area contributed by atoms with E-state index in [1.54, 1.807) is 0 Å². The summed E-state index contributed by atoms with van der Waals surface area (Å²) in [5, 5.41) is 0. The summed E-state index contributed by atoms with van der Waals surface area (Å²) in [5.41, 5.74) is 3.56. The molecule has 0 spiro atoms. The molecule has 110 valence electrons. The van der Waals surface area contributed by atoms with Crippen LogP contribution >= 0.6 is 0 Å². The summed E-state index contributed by atoms with van der Waals surface area (Å²) in [5.74, 6) is 7.60. The Morgan fingerprint density at radius 1 is 0.667 bits per heavy atom. The highest BCUT2D eigenvalue weighted by Crippen LogP contribution is 2.18. The van der Waals surface area contributed by atoms with Gasteiger partial charge in [0, 0.05) is 11.5 Å². The van der Waals surface area contributed by atoms with Crippen LogP contribution in [0.15, 0.2) is 54.6 Å². The minimum absolute atomic E-state index is 0.420. The monoisotopic (exact) mass is 278 g/mol. The molecule has 0 saturated carbocycles. The van der Waals surface area contributed by atoms with Crippen molar-refractivity contribution in [1.82, 2.24) is 0 Å². The molecule has 0 aliphatic rings. The summed E-state index contributed by atoms with van der Waals surface area (Å²) < 4.78 is 0. The lowest BCUT2D eigenvalue weighted by Crippen LogP contribution is -1.81. The molecule has 0 heteroatoms. The van der Waals surface area contributed by atoms with Crippen LogP contribution < -0.4 is 0 Å². The van der Waals surface area contributed by atoms with E-state index in [1.807, 2.05) is 6.07 Å². The maximum Gasteiger partial charge on any atom is 0.0245 e. The van der Waals surface area contributed by atoms with Crippen molar-refractivity contribution in [2.75, 3.05) is 0 Å². The topological polar surface area (TPSA) is 0 Å². The minimum Gasteiger partial charge on any atom is -0.0951 e. The maximum atomic E-state index is 3.17. The Bertz CT molecular complexity index is 560. The zero-order valence-electron chi connectivity index (χ0n) is 13.9. The van der Waals surface area contributed by atoms with E-state index in [9.17, 15) is 0 Å². The summed E-state index contributed by atoms with van der Waals surface area (Å²) in [6, 6.07) is 18.8. The van der Waals surface area contributed by atoms with Gasteiger partial charge in [-0.3, -0.25) is 0 Å². The molecular formula is C21H26. The van der Waals surface area contributed by atoms with Gasteiger partial charge in [-0.2, -0.15) is 0 Å². The first-order chi connectivity index (χ1) is 9.99. The van der Waals surface area contributed by atoms with Gasteiger partial charge in [0.2, 0.25) is 0 Å². The lowest BCUT2D eigenvalue weighted by Gasteiger charge is -2.00. The van der Waals surface area contributed by atoms with Crippen molar-refractivity contribution in [2.24, 2.45) is 11.8 Å². The predicted molar refractivity (Wildman–Crippen MR) is 94.1 cm³/mol. The molecule has 0 fully saturated rings. The standard InChI is InChI=1S/C17H16.C4H10/c1-14(2)8-9-15-10-12-17(13-11-15)16-6-4-3-5-7-16;1-4(2)3/h3-7,10-14H,1-2H3;4H,1-3H3. The van der Waals surface area contributed by atoms with E-state index in [0.717, 1.165) is 11.5 Å². The average Bonchev–Trinajstić information content (AvgIpc) is 2.46. The summed E-state index contributed by atoms with van der Waals surface area (Å²) in [6.07, 6.45) is 0. The Labute approximate surface area is 130 Å². The first kappa shape index (κ1) is 17.1. The van der Waals surface area contributed by atoms with Crippen molar-refractivity contribution in [1.29, 1.82) is 0 Å². The largest absolute Gasteiger partial charge is 0.0951 e. The number of hydrogen-bond acceptors (Lipinski definition) is 0. The van der Waals surface area contributed by atoms with E-state index in [4.69, 9.17) is 0 Å². The molecule has 2 rings (SSSR count). The second-order valence-corrected chi connectivity index (χ2v) is 6.10. The van der Waals surface area contributed by atoms with E-state index in [2.05, 4.69) is 95.0 Å². The SMILES string of the molecule is CC(C)C.CC(C)C#Cc1ccc(-c2ccccc2)cc1. The Morgan fingerprint density at radius 2 is 1.14 bits per heavy atom. The minimum atomic E-state index is 0.420. The van der Waals surface area contributed by atoms with Gasteiger partial charge >= 0.3 is 0 Å². The Kier molecular flexibility index (Phi) is 7.33. The molecule has 21 heavy (non-hydrogen) atoms.